The Morgan fingerprint density at radius 3 is 2.56 bits per heavy atom. The average Bonchev–Trinajstić information content (AvgIpc) is 3.42. The van der Waals surface area contributed by atoms with Crippen LogP contribution in [-0.2, 0) is 33.4 Å². The van der Waals surface area contributed by atoms with Gasteiger partial charge in [0.05, 0.1) is 17.6 Å². The molecule has 2 aliphatic heterocycles. The van der Waals surface area contributed by atoms with Crippen LogP contribution in [-0.4, -0.2) is 72.5 Å². The second-order valence-electron chi connectivity index (χ2n) is 11.0. The summed E-state index contributed by atoms with van der Waals surface area (Å²) in [6.07, 6.45) is 2.87. The number of rotatable bonds is 4. The van der Waals surface area contributed by atoms with Gasteiger partial charge in [0.25, 0.3) is 0 Å². The summed E-state index contributed by atoms with van der Waals surface area (Å²) in [6, 6.07) is 0. The molecule has 3 aliphatic carbocycles. The number of hydrogen-bond donors (Lipinski definition) is 1. The van der Waals surface area contributed by atoms with Gasteiger partial charge in [-0.05, 0) is 31.8 Å². The van der Waals surface area contributed by atoms with Gasteiger partial charge in [-0.15, -0.1) is 0 Å². The number of nitrogens with zero attached hydrogens (tertiary/aromatic N) is 1. The first-order valence-electron chi connectivity index (χ1n) is 12.6. The lowest BCUT2D eigenvalue weighted by atomic mass is 9.53. The van der Waals surface area contributed by atoms with Crippen molar-refractivity contribution >= 4 is 23.5 Å². The minimum atomic E-state index is -1.20. The van der Waals surface area contributed by atoms with Gasteiger partial charge in [-0.25, -0.2) is 4.79 Å². The molecule has 0 aromatic heterocycles. The number of hydrogen-bond acceptors (Lipinski definition) is 9. The summed E-state index contributed by atoms with van der Waals surface area (Å²) in [5.41, 5.74) is -0.962. The molecule has 5 rings (SSSR count). The summed E-state index contributed by atoms with van der Waals surface area (Å²) >= 11 is 0. The number of aliphatic hydroxyl groups is 1. The molecule has 0 radical (unpaired) electrons. The number of aliphatic hydroxyl groups excluding tert-OH is 1. The number of carbonyl (C=O) groups excluding carboxylic acids is 4. The molecule has 0 aromatic rings. The van der Waals surface area contributed by atoms with E-state index in [-0.39, 0.29) is 30.0 Å². The molecule has 1 N–H and O–H groups in total. The Morgan fingerprint density at radius 1 is 1.22 bits per heavy atom. The molecule has 5 aliphatic rings. The van der Waals surface area contributed by atoms with Crippen LogP contribution in [0.15, 0.2) is 34.3 Å². The van der Waals surface area contributed by atoms with Gasteiger partial charge in [-0.1, -0.05) is 6.92 Å². The van der Waals surface area contributed by atoms with Crippen molar-refractivity contribution in [3.8, 4) is 0 Å². The topological polar surface area (TPSA) is 119 Å². The third-order valence-corrected chi connectivity index (χ3v) is 8.87. The van der Waals surface area contributed by atoms with E-state index in [0.717, 1.165) is 25.9 Å². The van der Waals surface area contributed by atoms with Gasteiger partial charge in [-0.2, -0.15) is 0 Å². The van der Waals surface area contributed by atoms with Crippen LogP contribution < -0.4 is 0 Å². The second-order valence-corrected chi connectivity index (χ2v) is 11.0. The van der Waals surface area contributed by atoms with E-state index in [1.54, 1.807) is 6.20 Å². The van der Waals surface area contributed by atoms with Gasteiger partial charge < -0.3 is 24.2 Å². The minimum Gasteiger partial charge on any atom is -0.504 e. The molecule has 194 valence electrons. The SMILES string of the molecule is COCC1OC(=O)/C(=C/N2CCCC2)C2=C(O)C(=O)C3=C(C(OC(C)=O)C[C@]4(C)C(=O)CCC34)[C@]21C. The number of allylic oxidation sites excluding steroid dienone is 1. The summed E-state index contributed by atoms with van der Waals surface area (Å²) < 4.78 is 17.1. The molecule has 1 saturated carbocycles. The van der Waals surface area contributed by atoms with Crippen molar-refractivity contribution in [2.75, 3.05) is 26.8 Å². The average molecular weight is 500 g/mol. The Labute approximate surface area is 210 Å². The molecule has 3 unspecified atom stereocenters. The van der Waals surface area contributed by atoms with Crippen molar-refractivity contribution in [3.05, 3.63) is 34.3 Å². The van der Waals surface area contributed by atoms with Crippen molar-refractivity contribution in [1.29, 1.82) is 0 Å². The van der Waals surface area contributed by atoms with E-state index in [1.165, 1.54) is 14.0 Å². The maximum atomic E-state index is 13.9. The number of fused-ring (bicyclic) bond motifs is 4. The van der Waals surface area contributed by atoms with Crippen LogP contribution in [0.4, 0.5) is 0 Å². The molecule has 0 spiro atoms. The van der Waals surface area contributed by atoms with Gasteiger partial charge in [0.15, 0.2) is 5.76 Å². The fourth-order valence-electron chi connectivity index (χ4n) is 7.14. The lowest BCUT2D eigenvalue weighted by Gasteiger charge is -2.53. The van der Waals surface area contributed by atoms with Gasteiger partial charge in [0, 0.05) is 68.6 Å². The van der Waals surface area contributed by atoms with Crippen LogP contribution in [0.1, 0.15) is 52.9 Å². The zero-order valence-electron chi connectivity index (χ0n) is 21.2. The maximum absolute atomic E-state index is 13.9. The van der Waals surface area contributed by atoms with Crippen LogP contribution in [0.3, 0.4) is 0 Å². The quantitative estimate of drug-likeness (QED) is 0.460. The van der Waals surface area contributed by atoms with Crippen molar-refractivity contribution in [2.24, 2.45) is 16.7 Å². The van der Waals surface area contributed by atoms with E-state index < -0.39 is 52.4 Å². The first-order valence-corrected chi connectivity index (χ1v) is 12.6. The number of likely N-dealkylation sites (tertiary alicyclic amines) is 1. The first kappa shape index (κ1) is 24.7. The number of esters is 2. The predicted molar refractivity (Wildman–Crippen MR) is 126 cm³/mol. The lowest BCUT2D eigenvalue weighted by Crippen LogP contribution is -2.57. The summed E-state index contributed by atoms with van der Waals surface area (Å²) in [5, 5.41) is 11.5. The van der Waals surface area contributed by atoms with Crippen molar-refractivity contribution in [1.82, 2.24) is 4.90 Å². The monoisotopic (exact) mass is 499 g/mol. The third-order valence-electron chi connectivity index (χ3n) is 8.87. The number of ketones is 2. The third kappa shape index (κ3) is 3.38. The molecule has 9 heteroatoms. The highest BCUT2D eigenvalue weighted by Crippen LogP contribution is 2.62. The van der Waals surface area contributed by atoms with Crippen molar-refractivity contribution in [2.45, 2.75) is 65.1 Å². The maximum Gasteiger partial charge on any atom is 0.340 e. The molecule has 2 saturated heterocycles. The van der Waals surface area contributed by atoms with Gasteiger partial charge >= 0.3 is 11.9 Å². The molecule has 3 fully saturated rings. The van der Waals surface area contributed by atoms with Crippen LogP contribution in [0.5, 0.6) is 0 Å². The fourth-order valence-corrected chi connectivity index (χ4v) is 7.14. The molecule has 5 atom stereocenters. The van der Waals surface area contributed by atoms with E-state index in [2.05, 4.69) is 0 Å². The normalized spacial score (nSPS) is 37.2. The highest BCUT2D eigenvalue weighted by molar-refractivity contribution is 6.14. The molecular weight excluding hydrogens is 466 g/mol. The molecule has 2 heterocycles. The molecule has 0 bridgehead atoms. The predicted octanol–water partition coefficient (Wildman–Crippen LogP) is 2.56. The zero-order chi connectivity index (χ0) is 26.0. The summed E-state index contributed by atoms with van der Waals surface area (Å²) in [5.74, 6) is -2.71. The van der Waals surface area contributed by atoms with Crippen LogP contribution >= 0.6 is 0 Å². The first-order chi connectivity index (χ1) is 17.0. The van der Waals surface area contributed by atoms with E-state index in [9.17, 15) is 24.3 Å². The standard InChI is InChI=1S/C27H33NO8/c1-14(29)35-17-11-26(2)16(7-8-18(26)30)20-22(17)27(3)19(13-34-4)36-25(33)15(12-28-9-5-6-10-28)21(27)24(32)23(20)31/h12,16-17,19,32H,5-11,13H2,1-4H3/b15-12+/t16?,17?,19?,26-,27-/m0/s1. The Morgan fingerprint density at radius 2 is 1.92 bits per heavy atom. The van der Waals surface area contributed by atoms with Crippen molar-refractivity contribution in [3.63, 3.8) is 0 Å². The molecule has 36 heavy (non-hydrogen) atoms. The second kappa shape index (κ2) is 8.57. The zero-order valence-corrected chi connectivity index (χ0v) is 21.2. The van der Waals surface area contributed by atoms with E-state index in [1.807, 2.05) is 18.7 Å². The summed E-state index contributed by atoms with van der Waals surface area (Å²) in [7, 11) is 1.48. The molecular formula is C27H33NO8. The number of ether oxygens (including phenoxy) is 3. The molecule has 0 aromatic carbocycles. The van der Waals surface area contributed by atoms with Gasteiger partial charge in [-0.3, -0.25) is 14.4 Å². The highest BCUT2D eigenvalue weighted by Gasteiger charge is 2.64. The Kier molecular flexibility index (Phi) is 5.89. The van der Waals surface area contributed by atoms with Crippen molar-refractivity contribution < 1.29 is 38.5 Å². The number of carbonyl (C=O) groups is 4. The molecule has 9 nitrogen and oxygen atoms in total. The number of cyclic esters (lactones) is 1. The smallest absolute Gasteiger partial charge is 0.340 e. The largest absolute Gasteiger partial charge is 0.504 e. The van der Waals surface area contributed by atoms with Crippen LogP contribution in [0.25, 0.3) is 0 Å². The Hall–Kier alpha value is -2.94. The Bertz CT molecular complexity index is 1140. The lowest BCUT2D eigenvalue weighted by molar-refractivity contribution is -0.160. The van der Waals surface area contributed by atoms with E-state index in [0.29, 0.717) is 24.0 Å². The van der Waals surface area contributed by atoms with E-state index >= 15 is 0 Å². The van der Waals surface area contributed by atoms with Crippen LogP contribution in [0.2, 0.25) is 0 Å². The highest BCUT2D eigenvalue weighted by atomic mass is 16.6. The number of Topliss-reactive ketones (excluding diaryl/α,β-unsaturated/α-hetero) is 2. The fraction of sp³-hybridized carbons (Fsp3) is 0.630. The summed E-state index contributed by atoms with van der Waals surface area (Å²) in [6.45, 7) is 6.43. The van der Waals surface area contributed by atoms with E-state index in [4.69, 9.17) is 14.2 Å². The molecule has 0 amide bonds. The number of methoxy groups -OCH3 is 1. The minimum absolute atomic E-state index is 0.00857. The van der Waals surface area contributed by atoms with Crippen LogP contribution in [0, 0.1) is 16.7 Å². The van der Waals surface area contributed by atoms with Gasteiger partial charge in [0.2, 0.25) is 5.78 Å². The summed E-state index contributed by atoms with van der Waals surface area (Å²) in [4.78, 5) is 54.3. The Balaban J connectivity index is 1.77. The van der Waals surface area contributed by atoms with Gasteiger partial charge in [0.1, 0.15) is 18.0 Å².